The number of halogens is 1. The van der Waals surface area contributed by atoms with Crippen LogP contribution in [-0.4, -0.2) is 31.0 Å². The second kappa shape index (κ2) is 6.79. The van der Waals surface area contributed by atoms with Crippen LogP contribution in [0, 0.1) is 5.82 Å². The maximum atomic E-state index is 12.6. The van der Waals surface area contributed by atoms with Crippen LogP contribution in [0.3, 0.4) is 0 Å². The Morgan fingerprint density at radius 3 is 2.69 bits per heavy atom. The fourth-order valence-electron chi connectivity index (χ4n) is 1.15. The Bertz CT molecular complexity index is 327. The normalized spacial score (nSPS) is 9.88. The zero-order chi connectivity index (χ0) is 11.8. The van der Waals surface area contributed by atoms with Gasteiger partial charge in [-0.25, -0.2) is 9.18 Å². The molecule has 1 rings (SSSR count). The van der Waals surface area contributed by atoms with E-state index in [0.717, 1.165) is 5.56 Å². The zero-order valence-electron chi connectivity index (χ0n) is 8.78. The summed E-state index contributed by atoms with van der Waals surface area (Å²) in [5.74, 6) is -0.279. The lowest BCUT2D eigenvalue weighted by Crippen LogP contribution is -2.27. The van der Waals surface area contributed by atoms with Gasteiger partial charge < -0.3 is 15.2 Å². The molecule has 1 aromatic carbocycles. The van der Waals surface area contributed by atoms with E-state index in [1.165, 1.54) is 12.1 Å². The van der Waals surface area contributed by atoms with Gasteiger partial charge in [-0.05, 0) is 24.1 Å². The first-order chi connectivity index (χ1) is 7.72. The minimum absolute atomic E-state index is 0.0115. The Morgan fingerprint density at radius 2 is 2.06 bits per heavy atom. The van der Waals surface area contributed by atoms with Gasteiger partial charge in [0.25, 0.3) is 0 Å². The molecular weight excluding hydrogens is 213 g/mol. The van der Waals surface area contributed by atoms with Gasteiger partial charge in [-0.1, -0.05) is 12.1 Å². The van der Waals surface area contributed by atoms with Gasteiger partial charge in [0.2, 0.25) is 0 Å². The molecular formula is C11H14FNO3. The molecule has 1 aromatic rings. The lowest BCUT2D eigenvalue weighted by atomic mass is 10.1. The summed E-state index contributed by atoms with van der Waals surface area (Å²) in [7, 11) is 0. The van der Waals surface area contributed by atoms with E-state index < -0.39 is 6.09 Å². The van der Waals surface area contributed by atoms with Gasteiger partial charge in [0.15, 0.2) is 0 Å². The number of alkyl carbamates (subject to hydrolysis) is 1. The molecule has 0 spiro atoms. The first-order valence-electron chi connectivity index (χ1n) is 4.98. The fraction of sp³-hybridized carbons (Fsp3) is 0.364. The van der Waals surface area contributed by atoms with Crippen molar-refractivity contribution in [2.75, 3.05) is 19.8 Å². The molecule has 0 bridgehead atoms. The summed E-state index contributed by atoms with van der Waals surface area (Å²) in [5.41, 5.74) is 0.934. The van der Waals surface area contributed by atoms with Crippen LogP contribution in [0.5, 0.6) is 0 Å². The molecule has 0 unspecified atom stereocenters. The van der Waals surface area contributed by atoms with Gasteiger partial charge in [-0.15, -0.1) is 0 Å². The van der Waals surface area contributed by atoms with E-state index in [2.05, 4.69) is 10.1 Å². The summed E-state index contributed by atoms with van der Waals surface area (Å²) in [6, 6.07) is 6.07. The van der Waals surface area contributed by atoms with Crippen LogP contribution >= 0.6 is 0 Å². The highest BCUT2D eigenvalue weighted by molar-refractivity contribution is 5.67. The van der Waals surface area contributed by atoms with Gasteiger partial charge in [-0.2, -0.15) is 0 Å². The highest BCUT2D eigenvalue weighted by atomic mass is 19.1. The number of nitrogens with one attached hydrogen (secondary N) is 1. The lowest BCUT2D eigenvalue weighted by Gasteiger charge is -2.05. The lowest BCUT2D eigenvalue weighted by molar-refractivity contribution is 0.119. The van der Waals surface area contributed by atoms with Crippen molar-refractivity contribution in [1.29, 1.82) is 0 Å². The molecule has 0 atom stereocenters. The summed E-state index contributed by atoms with van der Waals surface area (Å²) >= 11 is 0. The maximum absolute atomic E-state index is 12.6. The molecule has 5 heteroatoms. The van der Waals surface area contributed by atoms with Crippen molar-refractivity contribution in [3.05, 3.63) is 35.6 Å². The van der Waals surface area contributed by atoms with Crippen LogP contribution in [0.1, 0.15) is 5.56 Å². The number of amides is 1. The van der Waals surface area contributed by atoms with Gasteiger partial charge in [0.05, 0.1) is 6.61 Å². The van der Waals surface area contributed by atoms with Gasteiger partial charge in [-0.3, -0.25) is 0 Å². The standard InChI is InChI=1S/C11H14FNO3/c12-10-3-1-9(2-4-10)5-6-13-11(15)16-8-7-14/h1-4,14H,5-8H2,(H,13,15). The predicted molar refractivity (Wildman–Crippen MR) is 56.5 cm³/mol. The number of hydrogen-bond acceptors (Lipinski definition) is 3. The average molecular weight is 227 g/mol. The van der Waals surface area contributed by atoms with Gasteiger partial charge >= 0.3 is 6.09 Å². The van der Waals surface area contributed by atoms with Crippen molar-refractivity contribution in [3.63, 3.8) is 0 Å². The van der Waals surface area contributed by atoms with E-state index >= 15 is 0 Å². The topological polar surface area (TPSA) is 58.6 Å². The molecule has 16 heavy (non-hydrogen) atoms. The number of benzene rings is 1. The summed E-state index contributed by atoms with van der Waals surface area (Å²) in [4.78, 5) is 10.9. The quantitative estimate of drug-likeness (QED) is 0.791. The van der Waals surface area contributed by atoms with Crippen LogP contribution < -0.4 is 5.32 Å². The van der Waals surface area contributed by atoms with Crippen LogP contribution in [0.25, 0.3) is 0 Å². The van der Waals surface area contributed by atoms with Crippen molar-refractivity contribution in [2.45, 2.75) is 6.42 Å². The van der Waals surface area contributed by atoms with Gasteiger partial charge in [0, 0.05) is 6.54 Å². The molecule has 0 saturated carbocycles. The average Bonchev–Trinajstić information content (AvgIpc) is 2.29. The number of rotatable bonds is 5. The Morgan fingerprint density at radius 1 is 1.38 bits per heavy atom. The molecule has 1 amide bonds. The van der Waals surface area contributed by atoms with Crippen molar-refractivity contribution < 1.29 is 19.0 Å². The third-order valence-electron chi connectivity index (χ3n) is 1.92. The third-order valence-corrected chi connectivity index (χ3v) is 1.92. The van der Waals surface area contributed by atoms with Crippen LogP contribution in [0.15, 0.2) is 24.3 Å². The van der Waals surface area contributed by atoms with Crippen LogP contribution in [0.2, 0.25) is 0 Å². The third kappa shape index (κ3) is 4.75. The van der Waals surface area contributed by atoms with E-state index in [4.69, 9.17) is 5.11 Å². The van der Waals surface area contributed by atoms with Crippen molar-refractivity contribution in [1.82, 2.24) is 5.32 Å². The number of ether oxygens (including phenoxy) is 1. The Hall–Kier alpha value is -1.62. The highest BCUT2D eigenvalue weighted by Crippen LogP contribution is 2.02. The number of aliphatic hydroxyl groups excluding tert-OH is 1. The summed E-state index contributed by atoms with van der Waals surface area (Å²) in [6.45, 7) is 0.212. The molecule has 0 aliphatic carbocycles. The number of carbonyl (C=O) groups is 1. The number of carbonyl (C=O) groups excluding carboxylic acids is 1. The molecule has 0 aromatic heterocycles. The second-order valence-electron chi connectivity index (χ2n) is 3.16. The van der Waals surface area contributed by atoms with Crippen LogP contribution in [-0.2, 0) is 11.2 Å². The molecule has 88 valence electrons. The van der Waals surface area contributed by atoms with E-state index in [-0.39, 0.29) is 19.0 Å². The van der Waals surface area contributed by atoms with Crippen molar-refractivity contribution in [3.8, 4) is 0 Å². The summed E-state index contributed by atoms with van der Waals surface area (Å²) < 4.78 is 17.2. The molecule has 0 saturated heterocycles. The monoisotopic (exact) mass is 227 g/mol. The van der Waals surface area contributed by atoms with E-state index in [0.29, 0.717) is 13.0 Å². The Kier molecular flexibility index (Phi) is 5.28. The van der Waals surface area contributed by atoms with Crippen molar-refractivity contribution in [2.24, 2.45) is 0 Å². The fourth-order valence-corrected chi connectivity index (χ4v) is 1.15. The van der Waals surface area contributed by atoms with E-state index in [1.807, 2.05) is 0 Å². The van der Waals surface area contributed by atoms with Gasteiger partial charge in [0.1, 0.15) is 12.4 Å². The smallest absolute Gasteiger partial charge is 0.407 e. The maximum Gasteiger partial charge on any atom is 0.407 e. The highest BCUT2D eigenvalue weighted by Gasteiger charge is 2.00. The molecule has 4 nitrogen and oxygen atoms in total. The van der Waals surface area contributed by atoms with Crippen molar-refractivity contribution >= 4 is 6.09 Å². The first-order valence-corrected chi connectivity index (χ1v) is 4.98. The second-order valence-corrected chi connectivity index (χ2v) is 3.16. The minimum atomic E-state index is -0.559. The first kappa shape index (κ1) is 12.4. The molecule has 0 heterocycles. The largest absolute Gasteiger partial charge is 0.447 e. The predicted octanol–water partition coefficient (Wildman–Crippen LogP) is 1.09. The number of aliphatic hydroxyl groups is 1. The summed E-state index contributed by atoms with van der Waals surface area (Å²) in [6.07, 6.45) is 0.0466. The zero-order valence-corrected chi connectivity index (χ0v) is 8.78. The molecule has 0 aliphatic heterocycles. The summed E-state index contributed by atoms with van der Waals surface area (Å²) in [5, 5.41) is 10.9. The van der Waals surface area contributed by atoms with E-state index in [1.54, 1.807) is 12.1 Å². The number of hydrogen-bond donors (Lipinski definition) is 2. The SMILES string of the molecule is O=C(NCCc1ccc(F)cc1)OCCO. The Balaban J connectivity index is 2.20. The molecule has 0 radical (unpaired) electrons. The minimum Gasteiger partial charge on any atom is -0.447 e. The molecule has 0 aliphatic rings. The van der Waals surface area contributed by atoms with Crippen LogP contribution in [0.4, 0.5) is 9.18 Å². The van der Waals surface area contributed by atoms with E-state index in [9.17, 15) is 9.18 Å². The molecule has 0 fully saturated rings. The Labute approximate surface area is 93.0 Å². The molecule has 2 N–H and O–H groups in total.